The van der Waals surface area contributed by atoms with Gasteiger partial charge in [-0.25, -0.2) is 4.98 Å². The van der Waals surface area contributed by atoms with E-state index in [0.717, 1.165) is 0 Å². The molecule has 1 aromatic heterocycles. The lowest BCUT2D eigenvalue weighted by Gasteiger charge is -2.29. The third kappa shape index (κ3) is 3.44. The molecule has 0 amide bonds. The van der Waals surface area contributed by atoms with Gasteiger partial charge in [-0.3, -0.25) is 14.9 Å². The highest BCUT2D eigenvalue weighted by Gasteiger charge is 2.23. The van der Waals surface area contributed by atoms with Crippen molar-refractivity contribution in [3.8, 4) is 0 Å². The summed E-state index contributed by atoms with van der Waals surface area (Å²) in [6.07, 6.45) is 1.17. The van der Waals surface area contributed by atoms with E-state index in [0.29, 0.717) is 22.4 Å². The van der Waals surface area contributed by atoms with Crippen LogP contribution in [0, 0.1) is 17.0 Å². The van der Waals surface area contributed by atoms with Gasteiger partial charge in [0.25, 0.3) is 5.69 Å². The van der Waals surface area contributed by atoms with Crippen LogP contribution in [0.3, 0.4) is 0 Å². The molecular weight excluding hydrogens is 330 g/mol. The zero-order valence-electron chi connectivity index (χ0n) is 11.5. The summed E-state index contributed by atoms with van der Waals surface area (Å²) < 4.78 is 0.519. The third-order valence-electron chi connectivity index (χ3n) is 3.03. The lowest BCUT2D eigenvalue weighted by molar-refractivity contribution is -0.385. The first-order valence-corrected chi connectivity index (χ1v) is 6.86. The van der Waals surface area contributed by atoms with Crippen LogP contribution in [0.5, 0.6) is 0 Å². The summed E-state index contributed by atoms with van der Waals surface area (Å²) in [5, 5.41) is 19.7. The number of aromatic nitrogens is 1. The molecule has 1 heterocycles. The monoisotopic (exact) mass is 345 g/mol. The van der Waals surface area contributed by atoms with Crippen LogP contribution >= 0.6 is 15.9 Å². The van der Waals surface area contributed by atoms with Crippen LogP contribution in [0.4, 0.5) is 11.5 Å². The number of nitrogens with zero attached hydrogens (tertiary/aromatic N) is 3. The number of carboxylic acid groups (broad SMARTS) is 1. The van der Waals surface area contributed by atoms with Crippen molar-refractivity contribution in [3.63, 3.8) is 0 Å². The minimum Gasteiger partial charge on any atom is -0.481 e. The smallest absolute Gasteiger partial charge is 0.305 e. The highest BCUT2D eigenvalue weighted by atomic mass is 79.9. The van der Waals surface area contributed by atoms with E-state index < -0.39 is 10.9 Å². The maximum absolute atomic E-state index is 10.9. The number of rotatable bonds is 6. The number of carbonyl (C=O) groups is 1. The van der Waals surface area contributed by atoms with Crippen molar-refractivity contribution in [2.45, 2.75) is 33.2 Å². The third-order valence-corrected chi connectivity index (χ3v) is 3.98. The minimum atomic E-state index is -0.897. The van der Waals surface area contributed by atoms with Gasteiger partial charge in [-0.2, -0.15) is 0 Å². The van der Waals surface area contributed by atoms with E-state index in [4.69, 9.17) is 5.11 Å². The molecule has 1 rings (SSSR count). The summed E-state index contributed by atoms with van der Waals surface area (Å²) in [5.74, 6) is -0.380. The lowest BCUT2D eigenvalue weighted by atomic mass is 10.2. The molecule has 0 fully saturated rings. The van der Waals surface area contributed by atoms with Crippen molar-refractivity contribution < 1.29 is 14.8 Å². The fourth-order valence-corrected chi connectivity index (χ4v) is 2.51. The van der Waals surface area contributed by atoms with Gasteiger partial charge in [0.1, 0.15) is 12.0 Å². The molecule has 20 heavy (non-hydrogen) atoms. The van der Waals surface area contributed by atoms with E-state index in [2.05, 4.69) is 20.9 Å². The zero-order chi connectivity index (χ0) is 15.4. The van der Waals surface area contributed by atoms with Gasteiger partial charge in [-0.05, 0) is 36.7 Å². The van der Waals surface area contributed by atoms with Gasteiger partial charge in [0.2, 0.25) is 0 Å². The van der Waals surface area contributed by atoms with Crippen molar-refractivity contribution in [3.05, 3.63) is 26.3 Å². The summed E-state index contributed by atoms with van der Waals surface area (Å²) in [4.78, 5) is 27.1. The topological polar surface area (TPSA) is 96.6 Å². The quantitative estimate of drug-likeness (QED) is 0.628. The van der Waals surface area contributed by atoms with Gasteiger partial charge >= 0.3 is 5.97 Å². The summed E-state index contributed by atoms with van der Waals surface area (Å²) in [6.45, 7) is 5.84. The number of nitro groups is 1. The highest BCUT2D eigenvalue weighted by Crippen LogP contribution is 2.33. The molecule has 0 bridgehead atoms. The molecule has 0 spiro atoms. The van der Waals surface area contributed by atoms with E-state index in [9.17, 15) is 14.9 Å². The number of pyridine rings is 1. The van der Waals surface area contributed by atoms with Gasteiger partial charge < -0.3 is 10.0 Å². The molecule has 0 aromatic carbocycles. The van der Waals surface area contributed by atoms with E-state index in [-0.39, 0.29) is 18.2 Å². The molecule has 0 radical (unpaired) electrons. The number of anilines is 1. The number of hydrogen-bond donors (Lipinski definition) is 1. The molecule has 0 aliphatic carbocycles. The molecule has 1 N–H and O–H groups in total. The Morgan fingerprint density at radius 3 is 2.70 bits per heavy atom. The van der Waals surface area contributed by atoms with Crippen LogP contribution in [-0.4, -0.2) is 33.6 Å². The average molecular weight is 346 g/mol. The Bertz CT molecular complexity index is 536. The first-order valence-electron chi connectivity index (χ1n) is 6.07. The van der Waals surface area contributed by atoms with Gasteiger partial charge in [0, 0.05) is 18.2 Å². The molecule has 110 valence electrons. The number of hydrogen-bond acceptors (Lipinski definition) is 5. The summed E-state index contributed by atoms with van der Waals surface area (Å²) in [6, 6.07) is -0.262. The van der Waals surface area contributed by atoms with Crippen LogP contribution in [0.2, 0.25) is 0 Å². The predicted molar refractivity (Wildman–Crippen MR) is 78.1 cm³/mol. The van der Waals surface area contributed by atoms with Gasteiger partial charge in [0.15, 0.2) is 0 Å². The fourth-order valence-electron chi connectivity index (χ4n) is 1.97. The van der Waals surface area contributed by atoms with Crippen LogP contribution in [-0.2, 0) is 4.79 Å². The standard InChI is InChI=1S/C12H16BrN3O4/c1-4-15(7(2)5-10(17)18)12-11(13)8(3)9(6-14-12)16(19)20/h6-7H,4-5H2,1-3H3,(H,17,18). The predicted octanol–water partition coefficient (Wildman–Crippen LogP) is 2.75. The van der Waals surface area contributed by atoms with E-state index >= 15 is 0 Å². The molecule has 1 atom stereocenters. The average Bonchev–Trinajstić information content (AvgIpc) is 2.34. The van der Waals surface area contributed by atoms with Crippen molar-refractivity contribution >= 4 is 33.4 Å². The first-order chi connectivity index (χ1) is 9.29. The van der Waals surface area contributed by atoms with Gasteiger partial charge in [-0.15, -0.1) is 0 Å². The molecular formula is C12H16BrN3O4. The number of halogens is 1. The Morgan fingerprint density at radius 2 is 2.25 bits per heavy atom. The maximum atomic E-state index is 10.9. The lowest BCUT2D eigenvalue weighted by Crippen LogP contribution is -2.35. The Kier molecular flexibility index (Phi) is 5.43. The molecule has 7 nitrogen and oxygen atoms in total. The molecule has 0 saturated carbocycles. The van der Waals surface area contributed by atoms with Crippen LogP contribution in [0.1, 0.15) is 25.8 Å². The van der Waals surface area contributed by atoms with Crippen molar-refractivity contribution in [1.82, 2.24) is 4.98 Å². The molecule has 0 saturated heterocycles. The highest BCUT2D eigenvalue weighted by molar-refractivity contribution is 9.10. The second-order valence-electron chi connectivity index (χ2n) is 4.40. The Balaban J connectivity index is 3.20. The van der Waals surface area contributed by atoms with Crippen molar-refractivity contribution in [1.29, 1.82) is 0 Å². The molecule has 1 aromatic rings. The maximum Gasteiger partial charge on any atom is 0.305 e. The SMILES string of the molecule is CCN(c1ncc([N+](=O)[O-])c(C)c1Br)C(C)CC(=O)O. The molecule has 0 aliphatic heterocycles. The van der Waals surface area contributed by atoms with E-state index in [1.807, 2.05) is 6.92 Å². The molecule has 1 unspecified atom stereocenters. The normalized spacial score (nSPS) is 12.0. The Morgan fingerprint density at radius 1 is 1.65 bits per heavy atom. The van der Waals surface area contributed by atoms with Crippen LogP contribution in [0.15, 0.2) is 10.7 Å². The number of carboxylic acids is 1. The summed E-state index contributed by atoms with van der Waals surface area (Å²) in [5.41, 5.74) is 0.406. The Labute approximate surface area is 124 Å². The van der Waals surface area contributed by atoms with Gasteiger partial charge in [-0.1, -0.05) is 0 Å². The van der Waals surface area contributed by atoms with Crippen molar-refractivity contribution in [2.24, 2.45) is 0 Å². The second kappa shape index (κ2) is 6.65. The fraction of sp³-hybridized carbons (Fsp3) is 0.500. The number of aliphatic carboxylic acids is 1. The zero-order valence-corrected chi connectivity index (χ0v) is 13.0. The van der Waals surface area contributed by atoms with Gasteiger partial charge in [0.05, 0.1) is 15.8 Å². The van der Waals surface area contributed by atoms with E-state index in [1.165, 1.54) is 6.20 Å². The molecule has 8 heteroatoms. The summed E-state index contributed by atoms with van der Waals surface area (Å²) >= 11 is 3.32. The minimum absolute atomic E-state index is 0.0298. The largest absolute Gasteiger partial charge is 0.481 e. The van der Waals surface area contributed by atoms with Crippen LogP contribution in [0.25, 0.3) is 0 Å². The van der Waals surface area contributed by atoms with E-state index in [1.54, 1.807) is 18.7 Å². The van der Waals surface area contributed by atoms with Crippen molar-refractivity contribution in [2.75, 3.05) is 11.4 Å². The Hall–Kier alpha value is -1.70. The molecule has 0 aliphatic rings. The second-order valence-corrected chi connectivity index (χ2v) is 5.19. The first kappa shape index (κ1) is 16.4. The van der Waals surface area contributed by atoms with Crippen LogP contribution < -0.4 is 4.90 Å². The summed E-state index contributed by atoms with van der Waals surface area (Å²) in [7, 11) is 0.